The predicted molar refractivity (Wildman–Crippen MR) is 91.6 cm³/mol. The smallest absolute Gasteiger partial charge is 0.281 e. The van der Waals surface area contributed by atoms with E-state index >= 15 is 0 Å². The molecule has 3 heterocycles. The van der Waals surface area contributed by atoms with Crippen molar-refractivity contribution >= 4 is 32.6 Å². The number of carbonyl (C=O) groups is 1. The number of thiazole rings is 1. The molecule has 0 unspecified atom stereocenters. The summed E-state index contributed by atoms with van der Waals surface area (Å²) in [5.41, 5.74) is 0.438. The van der Waals surface area contributed by atoms with Gasteiger partial charge in [-0.05, 0) is 6.07 Å². The molecule has 1 amide bonds. The Hall–Kier alpha value is -2.15. The number of nitrogens with zero attached hydrogens (tertiary/aromatic N) is 4. The van der Waals surface area contributed by atoms with Crippen LogP contribution in [0.1, 0.15) is 21.1 Å². The fraction of sp³-hybridized carbons (Fsp3) is 0.385. The molecule has 1 aliphatic rings. The molecule has 0 bridgehead atoms. The summed E-state index contributed by atoms with van der Waals surface area (Å²) in [6.07, 6.45) is 0.478. The Morgan fingerprint density at radius 3 is 2.80 bits per heavy atom. The van der Waals surface area contributed by atoms with Gasteiger partial charge in [-0.3, -0.25) is 14.9 Å². The highest BCUT2D eigenvalue weighted by Crippen LogP contribution is 2.29. The third kappa shape index (κ3) is 3.61. The lowest BCUT2D eigenvalue weighted by atomic mass is 10.2. The zero-order valence-electron chi connectivity index (χ0n) is 13.5. The Morgan fingerprint density at radius 2 is 2.16 bits per heavy atom. The lowest BCUT2D eigenvalue weighted by molar-refractivity contribution is 0.102. The van der Waals surface area contributed by atoms with Crippen molar-refractivity contribution in [3.63, 3.8) is 0 Å². The summed E-state index contributed by atoms with van der Waals surface area (Å²) >= 11 is 1.23. The second kappa shape index (κ2) is 6.63. The van der Waals surface area contributed by atoms with E-state index < -0.39 is 21.7 Å². The zero-order chi connectivity index (χ0) is 18.2. The fourth-order valence-corrected chi connectivity index (χ4v) is 4.46. The summed E-state index contributed by atoms with van der Waals surface area (Å²) in [5.74, 6) is -0.500. The maximum Gasteiger partial charge on any atom is 0.281 e. The lowest BCUT2D eigenvalue weighted by Gasteiger charge is -2.27. The number of carbonyl (C=O) groups excluding carboxylic acids is 1. The van der Waals surface area contributed by atoms with Crippen LogP contribution in [-0.2, 0) is 23.2 Å². The average molecular weight is 384 g/mol. The van der Waals surface area contributed by atoms with E-state index in [0.717, 1.165) is 10.6 Å². The standard InChI is InChI=1S/C13H16N6O4S2/c1-18(2)25(22,23)19-6-5-8-10(7-19)24-13(14-8)15-12(21)9-3-4-11(20)17-16-9/h3-4H,5-7H2,1-2H3,(H,17,20)(H,14,15,21). The summed E-state index contributed by atoms with van der Waals surface area (Å²) in [4.78, 5) is 28.2. The summed E-state index contributed by atoms with van der Waals surface area (Å²) in [6.45, 7) is 0.562. The van der Waals surface area contributed by atoms with Crippen molar-refractivity contribution in [3.05, 3.63) is 38.8 Å². The Bertz CT molecular complexity index is 945. The minimum Gasteiger partial charge on any atom is -0.296 e. The third-order valence-corrected chi connectivity index (χ3v) is 6.50. The van der Waals surface area contributed by atoms with Gasteiger partial charge in [-0.2, -0.15) is 22.1 Å². The predicted octanol–water partition coefficient (Wildman–Crippen LogP) is -0.357. The average Bonchev–Trinajstić information content (AvgIpc) is 2.96. The van der Waals surface area contributed by atoms with Gasteiger partial charge in [-0.15, -0.1) is 11.3 Å². The molecule has 0 atom stereocenters. The minimum atomic E-state index is -3.49. The van der Waals surface area contributed by atoms with Crippen LogP contribution in [0.15, 0.2) is 16.9 Å². The largest absolute Gasteiger partial charge is 0.296 e. The number of rotatable bonds is 4. The highest BCUT2D eigenvalue weighted by Gasteiger charge is 2.30. The van der Waals surface area contributed by atoms with Crippen LogP contribution in [0.3, 0.4) is 0 Å². The molecule has 0 fully saturated rings. The van der Waals surface area contributed by atoms with Crippen LogP contribution in [0.5, 0.6) is 0 Å². The van der Waals surface area contributed by atoms with Gasteiger partial charge in [0.1, 0.15) is 5.69 Å². The van der Waals surface area contributed by atoms with Crippen molar-refractivity contribution in [2.45, 2.75) is 13.0 Å². The van der Waals surface area contributed by atoms with Crippen molar-refractivity contribution < 1.29 is 13.2 Å². The van der Waals surface area contributed by atoms with Gasteiger partial charge in [-0.1, -0.05) is 0 Å². The molecular weight excluding hydrogens is 368 g/mol. The van der Waals surface area contributed by atoms with E-state index in [1.165, 1.54) is 46.2 Å². The van der Waals surface area contributed by atoms with Gasteiger partial charge in [0, 0.05) is 38.0 Å². The summed E-state index contributed by atoms with van der Waals surface area (Å²) in [5, 5.41) is 8.83. The number of amides is 1. The molecule has 0 aromatic carbocycles. The topological polar surface area (TPSA) is 128 Å². The van der Waals surface area contributed by atoms with Crippen molar-refractivity contribution in [1.29, 1.82) is 0 Å². The molecular formula is C13H16N6O4S2. The van der Waals surface area contributed by atoms with Crippen LogP contribution in [0.25, 0.3) is 0 Å². The fourth-order valence-electron chi connectivity index (χ4n) is 2.29. The van der Waals surface area contributed by atoms with Crippen molar-refractivity contribution in [1.82, 2.24) is 23.8 Å². The second-order valence-electron chi connectivity index (χ2n) is 5.52. The van der Waals surface area contributed by atoms with Crippen LogP contribution < -0.4 is 10.9 Å². The van der Waals surface area contributed by atoms with Gasteiger partial charge < -0.3 is 0 Å². The van der Waals surface area contributed by atoms with E-state index in [4.69, 9.17) is 0 Å². The molecule has 134 valence electrons. The first-order valence-corrected chi connectivity index (χ1v) is 9.52. The van der Waals surface area contributed by atoms with Crippen LogP contribution in [0.2, 0.25) is 0 Å². The Kier molecular flexibility index (Phi) is 4.69. The van der Waals surface area contributed by atoms with Gasteiger partial charge in [0.05, 0.1) is 12.2 Å². The summed E-state index contributed by atoms with van der Waals surface area (Å²) < 4.78 is 27.0. The van der Waals surface area contributed by atoms with Crippen LogP contribution in [-0.4, -0.2) is 58.8 Å². The maximum absolute atomic E-state index is 12.2. The number of H-pyrrole nitrogens is 1. The van der Waals surface area contributed by atoms with E-state index in [2.05, 4.69) is 20.5 Å². The number of aromatic amines is 1. The molecule has 0 radical (unpaired) electrons. The quantitative estimate of drug-likeness (QED) is 0.741. The summed E-state index contributed by atoms with van der Waals surface area (Å²) in [6, 6.07) is 2.52. The first-order chi connectivity index (χ1) is 11.8. The highest BCUT2D eigenvalue weighted by atomic mass is 32.2. The molecule has 10 nitrogen and oxygen atoms in total. The molecule has 0 aliphatic carbocycles. The molecule has 0 saturated heterocycles. The Morgan fingerprint density at radius 1 is 1.40 bits per heavy atom. The maximum atomic E-state index is 12.2. The summed E-state index contributed by atoms with van der Waals surface area (Å²) in [7, 11) is -0.516. The molecule has 0 spiro atoms. The molecule has 0 saturated carbocycles. The third-order valence-electron chi connectivity index (χ3n) is 3.62. The van der Waals surface area contributed by atoms with E-state index in [-0.39, 0.29) is 12.2 Å². The zero-order valence-corrected chi connectivity index (χ0v) is 15.1. The number of fused-ring (bicyclic) bond motifs is 1. The van der Waals surface area contributed by atoms with Crippen LogP contribution >= 0.6 is 11.3 Å². The van der Waals surface area contributed by atoms with Gasteiger partial charge in [0.15, 0.2) is 5.13 Å². The van der Waals surface area contributed by atoms with E-state index in [9.17, 15) is 18.0 Å². The Balaban J connectivity index is 1.75. The van der Waals surface area contributed by atoms with E-state index in [1.807, 2.05) is 0 Å². The molecule has 3 rings (SSSR count). The van der Waals surface area contributed by atoms with Crippen LogP contribution in [0.4, 0.5) is 5.13 Å². The lowest BCUT2D eigenvalue weighted by Crippen LogP contribution is -2.42. The molecule has 1 aliphatic heterocycles. The minimum absolute atomic E-state index is 0.0598. The monoisotopic (exact) mass is 384 g/mol. The molecule has 2 N–H and O–H groups in total. The SMILES string of the molecule is CN(C)S(=O)(=O)N1CCc2nc(NC(=O)c3ccc(=O)[nH]n3)sc2C1. The van der Waals surface area contributed by atoms with Gasteiger partial charge >= 0.3 is 0 Å². The second-order valence-corrected chi connectivity index (χ2v) is 8.75. The van der Waals surface area contributed by atoms with E-state index in [0.29, 0.717) is 18.1 Å². The number of hydrogen-bond donors (Lipinski definition) is 2. The Labute approximate surface area is 147 Å². The van der Waals surface area contributed by atoms with Gasteiger partial charge in [0.2, 0.25) is 0 Å². The van der Waals surface area contributed by atoms with Gasteiger partial charge in [-0.25, -0.2) is 10.1 Å². The molecule has 25 heavy (non-hydrogen) atoms. The highest BCUT2D eigenvalue weighted by molar-refractivity contribution is 7.86. The van der Waals surface area contributed by atoms with Crippen LogP contribution in [0, 0.1) is 0 Å². The number of anilines is 1. The molecule has 2 aromatic heterocycles. The van der Waals surface area contributed by atoms with E-state index in [1.54, 1.807) is 0 Å². The van der Waals surface area contributed by atoms with Crippen molar-refractivity contribution in [2.24, 2.45) is 0 Å². The molecule has 12 heteroatoms. The van der Waals surface area contributed by atoms with Gasteiger partial charge in [0.25, 0.3) is 21.7 Å². The number of nitrogens with one attached hydrogen (secondary N) is 2. The van der Waals surface area contributed by atoms with Crippen molar-refractivity contribution in [2.75, 3.05) is 26.0 Å². The number of aromatic nitrogens is 3. The first kappa shape index (κ1) is 17.7. The number of hydrogen-bond acceptors (Lipinski definition) is 7. The van der Waals surface area contributed by atoms with Crippen molar-refractivity contribution in [3.8, 4) is 0 Å². The first-order valence-electron chi connectivity index (χ1n) is 7.30. The normalized spacial score (nSPS) is 15.2. The molecule has 2 aromatic rings.